The number of benzene rings is 1. The predicted octanol–water partition coefficient (Wildman–Crippen LogP) is 2.20. The second-order valence-electron chi connectivity index (χ2n) is 3.83. The Labute approximate surface area is 90.5 Å². The Balaban J connectivity index is 2.15. The maximum absolute atomic E-state index is 13.5. The molecule has 1 aromatic carbocycles. The van der Waals surface area contributed by atoms with Gasteiger partial charge in [0.25, 0.3) is 5.91 Å². The number of halogens is 3. The molecule has 1 aromatic rings. The van der Waals surface area contributed by atoms with Gasteiger partial charge in [-0.3, -0.25) is 4.79 Å². The van der Waals surface area contributed by atoms with Gasteiger partial charge in [0.15, 0.2) is 0 Å². The van der Waals surface area contributed by atoms with Crippen LogP contribution >= 0.6 is 0 Å². The summed E-state index contributed by atoms with van der Waals surface area (Å²) in [5, 5.41) is 2.22. The zero-order chi connectivity index (χ0) is 11.8. The highest BCUT2D eigenvalue weighted by Gasteiger charge is 2.42. The molecule has 0 atom stereocenters. The lowest BCUT2D eigenvalue weighted by atomic mass is 10.1. The van der Waals surface area contributed by atoms with E-state index in [4.69, 9.17) is 0 Å². The van der Waals surface area contributed by atoms with E-state index in [-0.39, 0.29) is 6.04 Å². The molecule has 1 saturated carbocycles. The summed E-state index contributed by atoms with van der Waals surface area (Å²) >= 11 is 0. The van der Waals surface area contributed by atoms with Crippen LogP contribution in [0.3, 0.4) is 0 Å². The largest absolute Gasteiger partial charge is 0.349 e. The van der Waals surface area contributed by atoms with Crippen LogP contribution in [0.2, 0.25) is 0 Å². The van der Waals surface area contributed by atoms with E-state index >= 15 is 0 Å². The Hall–Kier alpha value is -1.52. The van der Waals surface area contributed by atoms with Gasteiger partial charge in [0.1, 0.15) is 5.82 Å². The lowest BCUT2D eigenvalue weighted by molar-refractivity contribution is -0.147. The molecule has 0 spiro atoms. The molecule has 86 valence electrons. The molecule has 1 N–H and O–H groups in total. The van der Waals surface area contributed by atoms with Crippen LogP contribution in [0, 0.1) is 5.82 Å². The Morgan fingerprint density at radius 3 is 2.31 bits per heavy atom. The van der Waals surface area contributed by atoms with Crippen molar-refractivity contribution in [2.24, 2.45) is 0 Å². The van der Waals surface area contributed by atoms with Crippen molar-refractivity contribution in [2.45, 2.75) is 24.8 Å². The number of hydrogen-bond donors (Lipinski definition) is 1. The average Bonchev–Trinajstić information content (AvgIpc) is 3.02. The van der Waals surface area contributed by atoms with E-state index in [1.807, 2.05) is 0 Å². The molecule has 1 amide bonds. The van der Waals surface area contributed by atoms with Crippen molar-refractivity contribution in [3.05, 3.63) is 35.6 Å². The SMILES string of the molecule is O=C(NC1CC1)C(F)(F)c1ccc(F)cc1. The summed E-state index contributed by atoms with van der Waals surface area (Å²) in [5.74, 6) is -5.53. The monoisotopic (exact) mass is 229 g/mol. The topological polar surface area (TPSA) is 29.1 Å². The fourth-order valence-corrected chi connectivity index (χ4v) is 1.29. The fraction of sp³-hybridized carbons (Fsp3) is 0.364. The average molecular weight is 229 g/mol. The first-order valence-electron chi connectivity index (χ1n) is 4.95. The van der Waals surface area contributed by atoms with Gasteiger partial charge in [0, 0.05) is 11.6 Å². The number of hydrogen-bond acceptors (Lipinski definition) is 1. The van der Waals surface area contributed by atoms with E-state index < -0.39 is 23.2 Å². The lowest BCUT2D eigenvalue weighted by Gasteiger charge is -2.15. The molecule has 0 radical (unpaired) electrons. The van der Waals surface area contributed by atoms with Gasteiger partial charge in [-0.05, 0) is 37.1 Å². The third-order valence-electron chi connectivity index (χ3n) is 2.40. The molecule has 0 aliphatic heterocycles. The molecule has 5 heteroatoms. The van der Waals surface area contributed by atoms with E-state index in [0.29, 0.717) is 0 Å². The Morgan fingerprint density at radius 2 is 1.81 bits per heavy atom. The number of carbonyl (C=O) groups excluding carboxylic acids is 1. The standard InChI is InChI=1S/C11H10F3NO/c12-8-3-1-7(2-4-8)11(13,14)10(16)15-9-5-6-9/h1-4,9H,5-6H2,(H,15,16). The van der Waals surface area contributed by atoms with Gasteiger partial charge in [-0.1, -0.05) is 0 Å². The van der Waals surface area contributed by atoms with E-state index in [2.05, 4.69) is 5.32 Å². The Kier molecular flexibility index (Phi) is 2.61. The van der Waals surface area contributed by atoms with Crippen LogP contribution in [0.4, 0.5) is 13.2 Å². The van der Waals surface area contributed by atoms with Gasteiger partial charge in [-0.25, -0.2) is 4.39 Å². The minimum atomic E-state index is -3.60. The molecule has 16 heavy (non-hydrogen) atoms. The van der Waals surface area contributed by atoms with Crippen molar-refractivity contribution in [3.8, 4) is 0 Å². The normalized spacial score (nSPS) is 15.9. The number of carbonyl (C=O) groups is 1. The number of nitrogens with one attached hydrogen (secondary N) is 1. The molecule has 1 aliphatic rings. The second-order valence-corrected chi connectivity index (χ2v) is 3.83. The molecular weight excluding hydrogens is 219 g/mol. The highest BCUT2D eigenvalue weighted by molar-refractivity contribution is 5.85. The highest BCUT2D eigenvalue weighted by Crippen LogP contribution is 2.30. The van der Waals surface area contributed by atoms with E-state index in [9.17, 15) is 18.0 Å². The molecule has 0 unspecified atom stereocenters. The van der Waals surface area contributed by atoms with Crippen LogP contribution in [0.25, 0.3) is 0 Å². The maximum atomic E-state index is 13.5. The van der Waals surface area contributed by atoms with Gasteiger partial charge >= 0.3 is 5.92 Å². The summed E-state index contributed by atoms with van der Waals surface area (Å²) in [7, 11) is 0. The van der Waals surface area contributed by atoms with Crippen molar-refractivity contribution in [1.29, 1.82) is 0 Å². The first kappa shape index (κ1) is 11.0. The lowest BCUT2D eigenvalue weighted by Crippen LogP contribution is -2.39. The van der Waals surface area contributed by atoms with Gasteiger partial charge in [0.2, 0.25) is 0 Å². The maximum Gasteiger partial charge on any atom is 0.349 e. The van der Waals surface area contributed by atoms with Gasteiger partial charge < -0.3 is 5.32 Å². The van der Waals surface area contributed by atoms with E-state index in [1.54, 1.807) is 0 Å². The quantitative estimate of drug-likeness (QED) is 0.845. The Morgan fingerprint density at radius 1 is 1.25 bits per heavy atom. The van der Waals surface area contributed by atoms with Crippen molar-refractivity contribution < 1.29 is 18.0 Å². The smallest absolute Gasteiger partial charge is 0.348 e. The van der Waals surface area contributed by atoms with Gasteiger partial charge in [0.05, 0.1) is 0 Å². The number of alkyl halides is 2. The van der Waals surface area contributed by atoms with Gasteiger partial charge in [-0.2, -0.15) is 8.78 Å². The fourth-order valence-electron chi connectivity index (χ4n) is 1.29. The summed E-state index contributed by atoms with van der Waals surface area (Å²) in [5.41, 5.74) is -0.493. The van der Waals surface area contributed by atoms with Crippen molar-refractivity contribution in [1.82, 2.24) is 5.32 Å². The molecule has 0 saturated heterocycles. The first-order chi connectivity index (χ1) is 7.50. The van der Waals surface area contributed by atoms with Crippen LogP contribution < -0.4 is 5.32 Å². The zero-order valence-corrected chi connectivity index (χ0v) is 8.34. The molecule has 0 aromatic heterocycles. The summed E-state index contributed by atoms with van der Waals surface area (Å²) < 4.78 is 39.6. The van der Waals surface area contributed by atoms with Gasteiger partial charge in [-0.15, -0.1) is 0 Å². The predicted molar refractivity (Wildman–Crippen MR) is 51.5 cm³/mol. The summed E-state index contributed by atoms with van der Waals surface area (Å²) in [6, 6.07) is 3.53. The molecular formula is C11H10F3NO. The van der Waals surface area contributed by atoms with Crippen LogP contribution in [0.15, 0.2) is 24.3 Å². The third-order valence-corrected chi connectivity index (χ3v) is 2.40. The second kappa shape index (κ2) is 3.81. The molecule has 2 rings (SSSR count). The highest BCUT2D eigenvalue weighted by atomic mass is 19.3. The van der Waals surface area contributed by atoms with Crippen LogP contribution in [-0.2, 0) is 10.7 Å². The first-order valence-corrected chi connectivity index (χ1v) is 4.95. The summed E-state index contributed by atoms with van der Waals surface area (Å²) in [6.45, 7) is 0. The summed E-state index contributed by atoms with van der Waals surface area (Å²) in [4.78, 5) is 11.2. The van der Waals surface area contributed by atoms with Crippen LogP contribution in [0.1, 0.15) is 18.4 Å². The minimum Gasteiger partial charge on any atom is -0.348 e. The zero-order valence-electron chi connectivity index (χ0n) is 8.34. The third kappa shape index (κ3) is 2.18. The van der Waals surface area contributed by atoms with E-state index in [0.717, 1.165) is 37.1 Å². The molecule has 1 fully saturated rings. The van der Waals surface area contributed by atoms with Crippen molar-refractivity contribution >= 4 is 5.91 Å². The molecule has 2 nitrogen and oxygen atoms in total. The van der Waals surface area contributed by atoms with Crippen molar-refractivity contribution in [3.63, 3.8) is 0 Å². The summed E-state index contributed by atoms with van der Waals surface area (Å²) in [6.07, 6.45) is 1.48. The van der Waals surface area contributed by atoms with E-state index in [1.165, 1.54) is 0 Å². The number of amides is 1. The molecule has 0 heterocycles. The van der Waals surface area contributed by atoms with Crippen LogP contribution in [0.5, 0.6) is 0 Å². The Bertz CT molecular complexity index is 398. The van der Waals surface area contributed by atoms with Crippen LogP contribution in [-0.4, -0.2) is 11.9 Å². The molecule has 0 bridgehead atoms. The minimum absolute atomic E-state index is 0.126. The number of rotatable bonds is 3. The molecule has 1 aliphatic carbocycles. The van der Waals surface area contributed by atoms with Crippen molar-refractivity contribution in [2.75, 3.05) is 0 Å².